The molecule has 0 amide bonds. The molecule has 0 aromatic rings. The third-order valence-corrected chi connectivity index (χ3v) is 1.94. The Morgan fingerprint density at radius 1 is 1.86 bits per heavy atom. The summed E-state index contributed by atoms with van der Waals surface area (Å²) in [5, 5.41) is 0. The van der Waals surface area contributed by atoms with Crippen LogP contribution in [0.4, 0.5) is 0 Å². The van der Waals surface area contributed by atoms with Crippen molar-refractivity contribution in [3.05, 3.63) is 12.3 Å². The molecule has 0 aliphatic carbocycles. The van der Waals surface area contributed by atoms with Gasteiger partial charge in [0.15, 0.2) is 0 Å². The molecule has 0 fully saturated rings. The Morgan fingerprint density at radius 3 is 3.29 bits per heavy atom. The first kappa shape index (κ1) is 11.2. The van der Waals surface area contributed by atoms with Crippen LogP contribution >= 0.6 is 7.92 Å². The first-order valence-electron chi connectivity index (χ1n) is 4.17. The van der Waals surface area contributed by atoms with Gasteiger partial charge in [0.05, 0.1) is 0 Å². The van der Waals surface area contributed by atoms with Crippen molar-refractivity contribution in [1.29, 1.82) is 0 Å². The number of hydrogen-bond donors (Lipinski definition) is 1. The zero-order valence-electron chi connectivity index (χ0n) is 7.88. The van der Waals surface area contributed by atoms with Crippen LogP contribution in [0.15, 0.2) is 17.3 Å². The Labute approximate surface area is 83.7 Å². The van der Waals surface area contributed by atoms with Crippen molar-refractivity contribution in [3.63, 3.8) is 0 Å². The third kappa shape index (κ3) is 3.48. The molecule has 6 heteroatoms. The maximum atomic E-state index is 9.95. The second-order valence-corrected chi connectivity index (χ2v) is 3.13. The van der Waals surface area contributed by atoms with E-state index in [-0.39, 0.29) is 14.2 Å². The van der Waals surface area contributed by atoms with Crippen molar-refractivity contribution in [2.75, 3.05) is 13.2 Å². The monoisotopic (exact) mass is 213 g/mol. The number of allylic oxidation sites excluding steroid dienone is 1. The molecule has 5 nitrogen and oxygen atoms in total. The minimum absolute atomic E-state index is 0.240. The number of nitrogens with two attached hydrogens (primary N) is 1. The molecular formula is C8H12N3O2P. The van der Waals surface area contributed by atoms with Crippen LogP contribution in [0.25, 0.3) is 0 Å². The fourth-order valence-electron chi connectivity index (χ4n) is 1.05. The van der Waals surface area contributed by atoms with Crippen molar-refractivity contribution in [2.24, 2.45) is 10.7 Å². The number of ether oxygens (including phenoxy) is 1. The first-order chi connectivity index (χ1) is 6.74. The molecule has 0 saturated carbocycles. The van der Waals surface area contributed by atoms with Crippen molar-refractivity contribution in [1.82, 2.24) is 4.90 Å². The van der Waals surface area contributed by atoms with Gasteiger partial charge in [0.25, 0.3) is 0 Å². The summed E-state index contributed by atoms with van der Waals surface area (Å²) in [6.07, 6.45) is 3.39. The SMILES string of the molecule is CC1=NC(N)N(CCOC#P=O)C=C1. The van der Waals surface area contributed by atoms with Gasteiger partial charge in [0.1, 0.15) is 0 Å². The van der Waals surface area contributed by atoms with Crippen molar-refractivity contribution in [2.45, 2.75) is 13.2 Å². The van der Waals surface area contributed by atoms with Crippen LogP contribution < -0.4 is 5.73 Å². The van der Waals surface area contributed by atoms with Crippen LogP contribution in [-0.4, -0.2) is 30.1 Å². The molecule has 1 unspecified atom stereocenters. The van der Waals surface area contributed by atoms with E-state index >= 15 is 0 Å². The standard InChI is InChI=1S/C8H12N3O2P/c1-7-2-3-11(8(9)10-7)4-5-13-6-14-12/h2-3,8H,4-5,9H2,1H3. The molecule has 0 bridgehead atoms. The summed E-state index contributed by atoms with van der Waals surface area (Å²) in [5.74, 6) is 2.20. The van der Waals surface area contributed by atoms with E-state index in [0.29, 0.717) is 13.2 Å². The van der Waals surface area contributed by atoms with Gasteiger partial charge in [-0.2, -0.15) is 0 Å². The van der Waals surface area contributed by atoms with Crippen LogP contribution in [0.3, 0.4) is 0 Å². The minimum atomic E-state index is -0.353. The molecule has 1 aliphatic rings. The van der Waals surface area contributed by atoms with Gasteiger partial charge in [-0.05, 0) is 0 Å². The van der Waals surface area contributed by atoms with Crippen LogP contribution in [0.2, 0.25) is 0 Å². The van der Waals surface area contributed by atoms with Gasteiger partial charge in [-0.15, -0.1) is 0 Å². The molecule has 0 radical (unpaired) electrons. The molecule has 1 heterocycles. The Morgan fingerprint density at radius 2 is 2.64 bits per heavy atom. The zero-order chi connectivity index (χ0) is 10.4. The van der Waals surface area contributed by atoms with E-state index in [1.165, 1.54) is 0 Å². The van der Waals surface area contributed by atoms with Crippen LogP contribution in [0.5, 0.6) is 0 Å². The van der Waals surface area contributed by atoms with Gasteiger partial charge in [-0.3, -0.25) is 0 Å². The first-order valence-corrected chi connectivity index (χ1v) is 4.98. The molecule has 1 aliphatic heterocycles. The zero-order valence-corrected chi connectivity index (χ0v) is 8.78. The van der Waals surface area contributed by atoms with Gasteiger partial charge in [0, 0.05) is 0 Å². The van der Waals surface area contributed by atoms with E-state index in [0.717, 1.165) is 5.71 Å². The molecule has 0 spiro atoms. The van der Waals surface area contributed by atoms with Gasteiger partial charge in [-0.25, -0.2) is 0 Å². The molecule has 2 N–H and O–H groups in total. The second kappa shape index (κ2) is 5.78. The fourth-order valence-corrected chi connectivity index (χ4v) is 1.19. The average molecular weight is 213 g/mol. The van der Waals surface area contributed by atoms with E-state index in [4.69, 9.17) is 10.5 Å². The van der Waals surface area contributed by atoms with E-state index in [1.54, 1.807) is 0 Å². The predicted octanol–water partition coefficient (Wildman–Crippen LogP) is 0.744. The topological polar surface area (TPSA) is 67.9 Å². The summed E-state index contributed by atoms with van der Waals surface area (Å²) in [5.41, 5.74) is 6.64. The van der Waals surface area contributed by atoms with Crippen LogP contribution in [-0.2, 0) is 9.30 Å². The molecule has 76 valence electrons. The number of nitrogens with zero attached hydrogens (tertiary/aromatic N) is 2. The van der Waals surface area contributed by atoms with E-state index in [2.05, 4.69) is 10.8 Å². The summed E-state index contributed by atoms with van der Waals surface area (Å²) in [6.45, 7) is 2.88. The molecule has 1 atom stereocenters. The molecule has 0 saturated heterocycles. The molecule has 1 rings (SSSR count). The Hall–Kier alpha value is -0.860. The van der Waals surface area contributed by atoms with Crippen LogP contribution in [0, 0.1) is 5.81 Å². The molecule has 0 aromatic carbocycles. The van der Waals surface area contributed by atoms with E-state index in [9.17, 15) is 4.57 Å². The molecular weight excluding hydrogens is 201 g/mol. The molecule has 14 heavy (non-hydrogen) atoms. The summed E-state index contributed by atoms with van der Waals surface area (Å²) in [7, 11) is -0.240. The van der Waals surface area contributed by atoms with Gasteiger partial charge in [0.2, 0.25) is 0 Å². The second-order valence-electron chi connectivity index (χ2n) is 2.77. The third-order valence-electron chi connectivity index (χ3n) is 1.74. The number of aliphatic imine (C=N–C) groups is 1. The Kier molecular flexibility index (Phi) is 4.63. The predicted molar refractivity (Wildman–Crippen MR) is 54.4 cm³/mol. The van der Waals surface area contributed by atoms with Crippen molar-refractivity contribution in [3.8, 4) is 5.81 Å². The normalized spacial score (nSPS) is 20.3. The van der Waals surface area contributed by atoms with Crippen molar-refractivity contribution >= 4 is 13.6 Å². The van der Waals surface area contributed by atoms with E-state index in [1.807, 2.05) is 24.1 Å². The Balaban J connectivity index is 2.35. The fraction of sp³-hybridized carbons (Fsp3) is 0.500. The van der Waals surface area contributed by atoms with E-state index < -0.39 is 0 Å². The Bertz CT molecular complexity index is 347. The van der Waals surface area contributed by atoms with Crippen LogP contribution in [0.1, 0.15) is 6.92 Å². The summed E-state index contributed by atoms with van der Waals surface area (Å²) < 4.78 is 14.8. The van der Waals surface area contributed by atoms with Gasteiger partial charge in [-0.1, -0.05) is 0 Å². The summed E-state index contributed by atoms with van der Waals surface area (Å²) >= 11 is 0. The average Bonchev–Trinajstić information content (AvgIpc) is 2.15. The maximum absolute atomic E-state index is 9.95. The quantitative estimate of drug-likeness (QED) is 0.554. The van der Waals surface area contributed by atoms with Gasteiger partial charge >= 0.3 is 83.0 Å². The summed E-state index contributed by atoms with van der Waals surface area (Å²) in [4.78, 5) is 5.99. The number of hydrogen-bond acceptors (Lipinski definition) is 5. The molecule has 0 aromatic heterocycles. The van der Waals surface area contributed by atoms with Crippen molar-refractivity contribution < 1.29 is 9.30 Å². The number of rotatable bonds is 3. The summed E-state index contributed by atoms with van der Waals surface area (Å²) in [6, 6.07) is 0. The van der Waals surface area contributed by atoms with Gasteiger partial charge < -0.3 is 0 Å².